The smallest absolute Gasteiger partial charge is 0.409 e. The summed E-state index contributed by atoms with van der Waals surface area (Å²) in [6.07, 6.45) is 3.59. The first-order valence-electron chi connectivity index (χ1n) is 8.73. The summed E-state index contributed by atoms with van der Waals surface area (Å²) in [5, 5.41) is 10.8. The van der Waals surface area contributed by atoms with Gasteiger partial charge in [0, 0.05) is 42.0 Å². The van der Waals surface area contributed by atoms with E-state index in [-0.39, 0.29) is 11.4 Å². The predicted molar refractivity (Wildman–Crippen MR) is 108 cm³/mol. The molecule has 8 heteroatoms. The summed E-state index contributed by atoms with van der Waals surface area (Å²) >= 11 is 1.58. The van der Waals surface area contributed by atoms with Crippen LogP contribution in [0.1, 0.15) is 11.3 Å². The standard InChI is InChI=1S/C20H18FN3O3S/c1-24-8-5-12(6-9-24)18-11-15-19(28-18)17(4-7-22-15)27-16-3-2-13(10-14(16)21)23-20(25)26/h2-5,7,10-11,23H,6,8-9H2,1H3,(H,25,26). The van der Waals surface area contributed by atoms with Gasteiger partial charge in [-0.1, -0.05) is 6.08 Å². The normalized spacial score (nSPS) is 14.7. The number of amides is 1. The molecule has 2 aromatic heterocycles. The van der Waals surface area contributed by atoms with Gasteiger partial charge in [-0.15, -0.1) is 11.3 Å². The molecule has 0 aliphatic carbocycles. The molecule has 2 N–H and O–H groups in total. The Labute approximate surface area is 164 Å². The van der Waals surface area contributed by atoms with Crippen molar-refractivity contribution in [3.8, 4) is 11.5 Å². The molecule has 0 saturated carbocycles. The van der Waals surface area contributed by atoms with Crippen LogP contribution < -0.4 is 10.1 Å². The zero-order valence-corrected chi connectivity index (χ0v) is 15.9. The van der Waals surface area contributed by atoms with Crippen molar-refractivity contribution in [3.63, 3.8) is 0 Å². The van der Waals surface area contributed by atoms with Crippen molar-refractivity contribution >= 4 is 38.9 Å². The summed E-state index contributed by atoms with van der Waals surface area (Å²) < 4.78 is 21.0. The number of hydrogen-bond donors (Lipinski definition) is 2. The molecule has 3 aromatic rings. The van der Waals surface area contributed by atoms with Crippen LogP contribution in [-0.2, 0) is 0 Å². The second-order valence-corrected chi connectivity index (χ2v) is 7.61. The number of halogens is 1. The molecule has 28 heavy (non-hydrogen) atoms. The number of pyridine rings is 1. The molecule has 6 nitrogen and oxygen atoms in total. The first-order valence-corrected chi connectivity index (χ1v) is 9.55. The minimum Gasteiger partial charge on any atom is -0.465 e. The van der Waals surface area contributed by atoms with Crippen LogP contribution in [0.25, 0.3) is 15.8 Å². The van der Waals surface area contributed by atoms with E-state index in [1.54, 1.807) is 23.6 Å². The molecule has 1 aromatic carbocycles. The Morgan fingerprint density at radius 2 is 2.18 bits per heavy atom. The lowest BCUT2D eigenvalue weighted by Gasteiger charge is -2.21. The van der Waals surface area contributed by atoms with Crippen LogP contribution in [0.2, 0.25) is 0 Å². The van der Waals surface area contributed by atoms with E-state index >= 15 is 0 Å². The average molecular weight is 399 g/mol. The average Bonchev–Trinajstić information content (AvgIpc) is 3.09. The van der Waals surface area contributed by atoms with Crippen molar-refractivity contribution in [1.29, 1.82) is 0 Å². The third-order valence-corrected chi connectivity index (χ3v) is 5.72. The monoisotopic (exact) mass is 399 g/mol. The van der Waals surface area contributed by atoms with E-state index in [4.69, 9.17) is 9.84 Å². The molecule has 3 heterocycles. The van der Waals surface area contributed by atoms with Gasteiger partial charge >= 0.3 is 6.09 Å². The lowest BCUT2D eigenvalue weighted by Crippen LogP contribution is -2.23. The maximum absolute atomic E-state index is 14.3. The SMILES string of the molecule is CN1CC=C(c2cc3nccc(Oc4ccc(NC(=O)O)cc4F)c3s2)CC1. The highest BCUT2D eigenvalue weighted by molar-refractivity contribution is 7.20. The number of aromatic nitrogens is 1. The van der Waals surface area contributed by atoms with Gasteiger partial charge in [0.2, 0.25) is 0 Å². The molecule has 1 aliphatic rings. The highest BCUT2D eigenvalue weighted by Crippen LogP contribution is 2.39. The van der Waals surface area contributed by atoms with Crippen molar-refractivity contribution in [2.45, 2.75) is 6.42 Å². The quantitative estimate of drug-likeness (QED) is 0.643. The zero-order chi connectivity index (χ0) is 19.7. The number of rotatable bonds is 4. The molecule has 0 unspecified atom stereocenters. The van der Waals surface area contributed by atoms with Crippen molar-refractivity contribution < 1.29 is 19.0 Å². The number of hydrogen-bond acceptors (Lipinski definition) is 5. The zero-order valence-electron chi connectivity index (χ0n) is 15.1. The fourth-order valence-electron chi connectivity index (χ4n) is 3.05. The van der Waals surface area contributed by atoms with Crippen LogP contribution in [-0.4, -0.2) is 41.2 Å². The van der Waals surface area contributed by atoms with Gasteiger partial charge in [0.15, 0.2) is 11.6 Å². The Bertz CT molecular complexity index is 1080. The third kappa shape index (κ3) is 3.83. The first-order chi connectivity index (χ1) is 13.5. The number of nitrogens with one attached hydrogen (secondary N) is 1. The Morgan fingerprint density at radius 1 is 1.32 bits per heavy atom. The van der Waals surface area contributed by atoms with Gasteiger partial charge in [0.05, 0.1) is 10.2 Å². The summed E-state index contributed by atoms with van der Waals surface area (Å²) in [5.74, 6) is -0.101. The number of likely N-dealkylation sites (N-methyl/N-ethyl adjacent to an activating group) is 1. The van der Waals surface area contributed by atoms with Gasteiger partial charge in [0.1, 0.15) is 5.75 Å². The number of nitrogens with zero attached hydrogens (tertiary/aromatic N) is 2. The molecule has 0 fully saturated rings. The predicted octanol–water partition coefficient (Wildman–Crippen LogP) is 5.04. The Morgan fingerprint density at radius 3 is 2.89 bits per heavy atom. The Kier molecular flexibility index (Phi) is 4.97. The van der Waals surface area contributed by atoms with E-state index < -0.39 is 11.9 Å². The second-order valence-electron chi connectivity index (χ2n) is 6.55. The largest absolute Gasteiger partial charge is 0.465 e. The number of carboxylic acid groups (broad SMARTS) is 1. The maximum Gasteiger partial charge on any atom is 0.409 e. The topological polar surface area (TPSA) is 74.7 Å². The molecular formula is C20H18FN3O3S. The molecule has 0 spiro atoms. The van der Waals surface area contributed by atoms with Crippen molar-refractivity contribution in [3.05, 3.63) is 53.3 Å². The molecule has 4 rings (SSSR count). The van der Waals surface area contributed by atoms with Crippen LogP contribution >= 0.6 is 11.3 Å². The van der Waals surface area contributed by atoms with Gasteiger partial charge in [0.25, 0.3) is 0 Å². The van der Waals surface area contributed by atoms with Gasteiger partial charge in [-0.05, 0) is 37.2 Å². The molecule has 0 radical (unpaired) electrons. The van der Waals surface area contributed by atoms with Gasteiger partial charge in [-0.25, -0.2) is 9.18 Å². The molecular weight excluding hydrogens is 381 g/mol. The number of ether oxygens (including phenoxy) is 1. The number of thiophene rings is 1. The third-order valence-electron chi connectivity index (χ3n) is 4.51. The fourth-order valence-corrected chi connectivity index (χ4v) is 4.18. The van der Waals surface area contributed by atoms with Gasteiger partial charge < -0.3 is 14.7 Å². The van der Waals surface area contributed by atoms with Gasteiger partial charge in [-0.2, -0.15) is 0 Å². The van der Waals surface area contributed by atoms with Crippen molar-refractivity contribution in [2.24, 2.45) is 0 Å². The minimum absolute atomic E-state index is 0.0249. The number of benzene rings is 1. The van der Waals surface area contributed by atoms with Crippen LogP contribution in [0.4, 0.5) is 14.9 Å². The van der Waals surface area contributed by atoms with E-state index in [1.165, 1.54) is 17.7 Å². The van der Waals surface area contributed by atoms with E-state index in [1.807, 2.05) is 6.07 Å². The second kappa shape index (κ2) is 7.57. The highest BCUT2D eigenvalue weighted by atomic mass is 32.1. The van der Waals surface area contributed by atoms with E-state index in [2.05, 4.69) is 28.3 Å². The summed E-state index contributed by atoms with van der Waals surface area (Å²) in [4.78, 5) is 18.5. The lowest BCUT2D eigenvalue weighted by atomic mass is 10.1. The summed E-state index contributed by atoms with van der Waals surface area (Å²) in [5.41, 5.74) is 2.24. The van der Waals surface area contributed by atoms with E-state index in [0.29, 0.717) is 5.75 Å². The van der Waals surface area contributed by atoms with Crippen LogP contribution in [0.15, 0.2) is 42.6 Å². The van der Waals surface area contributed by atoms with Crippen molar-refractivity contribution in [2.75, 3.05) is 25.5 Å². The molecule has 0 saturated heterocycles. The van der Waals surface area contributed by atoms with Crippen LogP contribution in [0, 0.1) is 5.82 Å². The van der Waals surface area contributed by atoms with Crippen molar-refractivity contribution in [1.82, 2.24) is 9.88 Å². The lowest BCUT2D eigenvalue weighted by molar-refractivity contribution is 0.209. The van der Waals surface area contributed by atoms with Crippen LogP contribution in [0.3, 0.4) is 0 Å². The van der Waals surface area contributed by atoms with Crippen LogP contribution in [0.5, 0.6) is 11.5 Å². The summed E-state index contributed by atoms with van der Waals surface area (Å²) in [6.45, 7) is 1.93. The molecule has 1 aliphatic heterocycles. The molecule has 0 bridgehead atoms. The first kappa shape index (κ1) is 18.4. The summed E-state index contributed by atoms with van der Waals surface area (Å²) in [7, 11) is 2.09. The maximum atomic E-state index is 14.3. The highest BCUT2D eigenvalue weighted by Gasteiger charge is 2.16. The minimum atomic E-state index is -1.25. The Hall–Kier alpha value is -2.97. The summed E-state index contributed by atoms with van der Waals surface area (Å²) in [6, 6.07) is 7.69. The number of carbonyl (C=O) groups is 1. The Balaban J connectivity index is 1.63. The fraction of sp³-hybridized carbons (Fsp3) is 0.200. The number of fused-ring (bicyclic) bond motifs is 1. The number of anilines is 1. The van der Waals surface area contributed by atoms with E-state index in [9.17, 15) is 9.18 Å². The molecule has 0 atom stereocenters. The van der Waals surface area contributed by atoms with E-state index in [0.717, 1.165) is 40.7 Å². The molecule has 1 amide bonds. The molecule has 144 valence electrons. The van der Waals surface area contributed by atoms with Gasteiger partial charge in [-0.3, -0.25) is 10.3 Å².